The third-order valence-electron chi connectivity index (χ3n) is 1.71. The highest BCUT2D eigenvalue weighted by Crippen LogP contribution is 2.08. The molecule has 0 heterocycles. The topological polar surface area (TPSA) is 46.5 Å². The number of carboxylic acids is 1. The van der Waals surface area contributed by atoms with E-state index in [9.17, 15) is 4.79 Å². The zero-order valence-electron chi connectivity index (χ0n) is 9.30. The summed E-state index contributed by atoms with van der Waals surface area (Å²) in [6.45, 7) is 10.6. The van der Waals surface area contributed by atoms with Crippen LogP contribution in [0.1, 0.15) is 19.3 Å². The molecule has 0 amide bonds. The summed E-state index contributed by atoms with van der Waals surface area (Å²) in [6.07, 6.45) is 2.32. The molecule has 4 heteroatoms. The van der Waals surface area contributed by atoms with E-state index in [1.807, 2.05) is 0 Å². The Morgan fingerprint density at radius 2 is 1.93 bits per heavy atom. The lowest BCUT2D eigenvalue weighted by Crippen LogP contribution is -2.25. The highest BCUT2D eigenvalue weighted by atomic mass is 28.4. The molecule has 0 aliphatic heterocycles. The van der Waals surface area contributed by atoms with Gasteiger partial charge in [0.25, 0.3) is 0 Å². The summed E-state index contributed by atoms with van der Waals surface area (Å²) < 4.78 is 5.63. The first-order chi connectivity index (χ1) is 6.33. The highest BCUT2D eigenvalue weighted by Gasteiger charge is 2.13. The van der Waals surface area contributed by atoms with Crippen LogP contribution in [0.4, 0.5) is 0 Å². The van der Waals surface area contributed by atoms with Gasteiger partial charge in [-0.25, -0.2) is 4.79 Å². The van der Waals surface area contributed by atoms with E-state index in [0.29, 0.717) is 6.42 Å². The Bertz CT molecular complexity index is 206. The molecule has 0 saturated carbocycles. The lowest BCUT2D eigenvalue weighted by atomic mass is 10.1. The molecule has 0 aliphatic carbocycles. The van der Waals surface area contributed by atoms with Crippen molar-refractivity contribution in [2.24, 2.45) is 0 Å². The van der Waals surface area contributed by atoms with E-state index in [-0.39, 0.29) is 5.57 Å². The molecule has 0 radical (unpaired) electrons. The van der Waals surface area contributed by atoms with Gasteiger partial charge >= 0.3 is 5.97 Å². The van der Waals surface area contributed by atoms with Crippen molar-refractivity contribution in [2.75, 3.05) is 6.61 Å². The number of carbonyl (C=O) groups is 1. The molecule has 0 aromatic heterocycles. The summed E-state index contributed by atoms with van der Waals surface area (Å²) >= 11 is 0. The highest BCUT2D eigenvalue weighted by molar-refractivity contribution is 6.69. The van der Waals surface area contributed by atoms with Gasteiger partial charge in [0, 0.05) is 12.2 Å². The van der Waals surface area contributed by atoms with Crippen LogP contribution in [-0.4, -0.2) is 26.0 Å². The van der Waals surface area contributed by atoms with Crippen molar-refractivity contribution in [3.8, 4) is 0 Å². The Kier molecular flexibility index (Phi) is 5.72. The Balaban J connectivity index is 3.39. The molecule has 1 N–H and O–H groups in total. The number of aliphatic carboxylic acids is 1. The molecule has 82 valence electrons. The Hall–Kier alpha value is -0.613. The molecule has 0 saturated heterocycles. The summed E-state index contributed by atoms with van der Waals surface area (Å²) in [5, 5.41) is 8.54. The van der Waals surface area contributed by atoms with Crippen molar-refractivity contribution < 1.29 is 14.3 Å². The third-order valence-corrected chi connectivity index (χ3v) is 2.78. The van der Waals surface area contributed by atoms with Crippen LogP contribution in [0.15, 0.2) is 12.2 Å². The first kappa shape index (κ1) is 13.4. The molecule has 0 atom stereocenters. The summed E-state index contributed by atoms with van der Waals surface area (Å²) in [5.41, 5.74) is 0.290. The zero-order chi connectivity index (χ0) is 11.2. The predicted octanol–water partition coefficient (Wildman–Crippen LogP) is 2.65. The van der Waals surface area contributed by atoms with Gasteiger partial charge in [0.05, 0.1) is 0 Å². The van der Waals surface area contributed by atoms with Crippen LogP contribution < -0.4 is 0 Å². The van der Waals surface area contributed by atoms with Crippen molar-refractivity contribution >= 4 is 14.3 Å². The van der Waals surface area contributed by atoms with Crippen LogP contribution in [0.2, 0.25) is 19.6 Å². The standard InChI is InChI=1S/C10H20O3Si/c1-9(10(11)12)7-5-6-8-13-14(2,3)4/h1,5-8H2,2-4H3,(H,11,12). The number of unbranched alkanes of at least 4 members (excludes halogenated alkanes) is 1. The van der Waals surface area contributed by atoms with E-state index in [0.717, 1.165) is 19.4 Å². The molecule has 14 heavy (non-hydrogen) atoms. The van der Waals surface area contributed by atoms with Crippen LogP contribution in [-0.2, 0) is 9.22 Å². The third kappa shape index (κ3) is 8.01. The minimum Gasteiger partial charge on any atom is -0.478 e. The van der Waals surface area contributed by atoms with Gasteiger partial charge in [-0.2, -0.15) is 0 Å². The molecule has 0 aromatic rings. The number of carboxylic acid groups (broad SMARTS) is 1. The summed E-state index contributed by atoms with van der Waals surface area (Å²) in [7, 11) is -1.39. The number of hydrogen-bond donors (Lipinski definition) is 1. The maximum atomic E-state index is 10.4. The lowest BCUT2D eigenvalue weighted by molar-refractivity contribution is -0.132. The SMILES string of the molecule is C=C(CCCCO[Si](C)(C)C)C(=O)O. The fraction of sp³-hybridized carbons (Fsp3) is 0.700. The molecule has 0 rings (SSSR count). The summed E-state index contributed by atoms with van der Waals surface area (Å²) in [5.74, 6) is -0.892. The number of rotatable bonds is 7. The van der Waals surface area contributed by atoms with E-state index in [1.165, 1.54) is 0 Å². The van der Waals surface area contributed by atoms with Crippen LogP contribution >= 0.6 is 0 Å². The molecule has 0 unspecified atom stereocenters. The smallest absolute Gasteiger partial charge is 0.330 e. The van der Waals surface area contributed by atoms with Gasteiger partial charge < -0.3 is 9.53 Å². The first-order valence-corrected chi connectivity index (χ1v) is 8.29. The van der Waals surface area contributed by atoms with Gasteiger partial charge in [-0.1, -0.05) is 6.58 Å². The minimum atomic E-state index is -1.39. The van der Waals surface area contributed by atoms with Crippen molar-refractivity contribution in [1.82, 2.24) is 0 Å². The molecule has 0 aliphatic rings. The zero-order valence-corrected chi connectivity index (χ0v) is 10.3. The first-order valence-electron chi connectivity index (χ1n) is 4.88. The monoisotopic (exact) mass is 216 g/mol. The van der Waals surface area contributed by atoms with E-state index < -0.39 is 14.3 Å². The Morgan fingerprint density at radius 1 is 1.36 bits per heavy atom. The van der Waals surface area contributed by atoms with Crippen LogP contribution in [0.3, 0.4) is 0 Å². The van der Waals surface area contributed by atoms with Gasteiger partial charge in [-0.15, -0.1) is 0 Å². The Labute approximate surface area is 86.9 Å². The minimum absolute atomic E-state index is 0.290. The van der Waals surface area contributed by atoms with E-state index in [4.69, 9.17) is 9.53 Å². The van der Waals surface area contributed by atoms with Crippen LogP contribution in [0.25, 0.3) is 0 Å². The van der Waals surface area contributed by atoms with Gasteiger partial charge in [-0.05, 0) is 38.9 Å². The fourth-order valence-corrected chi connectivity index (χ4v) is 1.68. The second-order valence-electron chi connectivity index (χ2n) is 4.33. The maximum Gasteiger partial charge on any atom is 0.330 e. The van der Waals surface area contributed by atoms with Crippen molar-refractivity contribution in [3.63, 3.8) is 0 Å². The molecule has 0 spiro atoms. The largest absolute Gasteiger partial charge is 0.478 e. The summed E-state index contributed by atoms with van der Waals surface area (Å²) in [6, 6.07) is 0. The lowest BCUT2D eigenvalue weighted by Gasteiger charge is -2.16. The fourth-order valence-electron chi connectivity index (χ4n) is 0.926. The molecular formula is C10H20O3Si. The molecule has 0 aromatic carbocycles. The normalized spacial score (nSPS) is 11.4. The number of hydrogen-bond acceptors (Lipinski definition) is 2. The van der Waals surface area contributed by atoms with Crippen molar-refractivity contribution in [3.05, 3.63) is 12.2 Å². The van der Waals surface area contributed by atoms with E-state index in [2.05, 4.69) is 26.2 Å². The second-order valence-corrected chi connectivity index (χ2v) is 8.84. The van der Waals surface area contributed by atoms with Crippen LogP contribution in [0, 0.1) is 0 Å². The van der Waals surface area contributed by atoms with Gasteiger partial charge in [0.1, 0.15) is 0 Å². The maximum absolute atomic E-state index is 10.4. The second kappa shape index (κ2) is 5.98. The molecule has 0 fully saturated rings. The average molecular weight is 216 g/mol. The predicted molar refractivity (Wildman–Crippen MR) is 59.9 cm³/mol. The van der Waals surface area contributed by atoms with Crippen molar-refractivity contribution in [1.29, 1.82) is 0 Å². The molecule has 0 bridgehead atoms. The van der Waals surface area contributed by atoms with Gasteiger partial charge in [-0.3, -0.25) is 0 Å². The Morgan fingerprint density at radius 3 is 2.36 bits per heavy atom. The van der Waals surface area contributed by atoms with Crippen LogP contribution in [0.5, 0.6) is 0 Å². The van der Waals surface area contributed by atoms with E-state index >= 15 is 0 Å². The van der Waals surface area contributed by atoms with Gasteiger partial charge in [0.2, 0.25) is 0 Å². The summed E-state index contributed by atoms with van der Waals surface area (Å²) in [4.78, 5) is 10.4. The van der Waals surface area contributed by atoms with Gasteiger partial charge in [0.15, 0.2) is 8.32 Å². The quantitative estimate of drug-likeness (QED) is 0.404. The van der Waals surface area contributed by atoms with Crippen molar-refractivity contribution in [2.45, 2.75) is 38.9 Å². The average Bonchev–Trinajstić information content (AvgIpc) is 2.01. The van der Waals surface area contributed by atoms with E-state index in [1.54, 1.807) is 0 Å². The molecule has 3 nitrogen and oxygen atoms in total. The molecular weight excluding hydrogens is 196 g/mol.